The van der Waals surface area contributed by atoms with E-state index in [0.717, 1.165) is 37.8 Å². The lowest BCUT2D eigenvalue weighted by Gasteiger charge is -2.38. The highest BCUT2D eigenvalue weighted by molar-refractivity contribution is 5.94. The van der Waals surface area contributed by atoms with Gasteiger partial charge in [-0.05, 0) is 31.7 Å². The molecule has 1 amide bonds. The first-order valence-corrected chi connectivity index (χ1v) is 7.84. The minimum atomic E-state index is -0.207. The van der Waals surface area contributed by atoms with Crippen LogP contribution in [-0.2, 0) is 0 Å². The van der Waals surface area contributed by atoms with Crippen molar-refractivity contribution in [2.24, 2.45) is 5.92 Å². The molecule has 2 aliphatic rings. The second-order valence-corrected chi connectivity index (χ2v) is 6.31. The Morgan fingerprint density at radius 2 is 1.95 bits per heavy atom. The minimum Gasteiger partial charge on any atom is -0.336 e. The van der Waals surface area contributed by atoms with Gasteiger partial charge in [0.25, 0.3) is 5.91 Å². The van der Waals surface area contributed by atoms with Crippen molar-refractivity contribution in [1.82, 2.24) is 14.8 Å². The molecule has 3 rings (SSSR count). The van der Waals surface area contributed by atoms with Gasteiger partial charge >= 0.3 is 0 Å². The Balaban J connectivity index is 1.58. The number of aryl methyl sites for hydroxylation is 1. The molecule has 21 heavy (non-hydrogen) atoms. The molecule has 1 aromatic heterocycles. The van der Waals surface area contributed by atoms with E-state index >= 15 is 0 Å². The average Bonchev–Trinajstić information content (AvgIpc) is 2.42. The molecule has 2 heterocycles. The number of nitrogens with one attached hydrogen (secondary N) is 1. The molecule has 114 valence electrons. The number of aromatic nitrogens is 1. The smallest absolute Gasteiger partial charge is 0.254 e. The summed E-state index contributed by atoms with van der Waals surface area (Å²) in [4.78, 5) is 30.9. The van der Waals surface area contributed by atoms with Gasteiger partial charge in [0.05, 0.1) is 0 Å². The van der Waals surface area contributed by atoms with Crippen molar-refractivity contribution in [3.05, 3.63) is 33.7 Å². The quantitative estimate of drug-likeness (QED) is 0.911. The Bertz CT molecular complexity index is 569. The van der Waals surface area contributed by atoms with Crippen molar-refractivity contribution in [2.45, 2.75) is 26.2 Å². The summed E-state index contributed by atoms with van der Waals surface area (Å²) in [6.45, 7) is 6.41. The van der Waals surface area contributed by atoms with Gasteiger partial charge in [-0.2, -0.15) is 0 Å². The van der Waals surface area contributed by atoms with E-state index < -0.39 is 0 Å². The number of hydrogen-bond donors (Lipinski definition) is 1. The maximum atomic E-state index is 12.5. The van der Waals surface area contributed by atoms with E-state index in [1.807, 2.05) is 4.90 Å². The molecule has 0 radical (unpaired) electrons. The van der Waals surface area contributed by atoms with Crippen LogP contribution < -0.4 is 5.56 Å². The van der Waals surface area contributed by atoms with Crippen molar-refractivity contribution in [2.75, 3.05) is 32.7 Å². The number of amides is 1. The monoisotopic (exact) mass is 289 g/mol. The summed E-state index contributed by atoms with van der Waals surface area (Å²) in [5.41, 5.74) is 1.03. The van der Waals surface area contributed by atoms with Crippen molar-refractivity contribution in [3.63, 3.8) is 0 Å². The number of H-pyrrole nitrogens is 1. The molecule has 0 spiro atoms. The largest absolute Gasteiger partial charge is 0.336 e. The van der Waals surface area contributed by atoms with E-state index in [0.29, 0.717) is 5.56 Å². The number of nitrogens with zero attached hydrogens (tertiary/aromatic N) is 2. The first kappa shape index (κ1) is 14.3. The fraction of sp³-hybridized carbons (Fsp3) is 0.625. The summed E-state index contributed by atoms with van der Waals surface area (Å²) in [5, 5.41) is 0. The van der Waals surface area contributed by atoms with Crippen molar-refractivity contribution >= 4 is 5.91 Å². The lowest BCUT2D eigenvalue weighted by Crippen LogP contribution is -2.50. The SMILES string of the molecule is Cc1cc(C(=O)N2CCN(CC3CCC3)CC2)cc(=O)[nH]1. The van der Waals surface area contributed by atoms with Crippen LogP contribution in [0.15, 0.2) is 16.9 Å². The Morgan fingerprint density at radius 3 is 2.52 bits per heavy atom. The van der Waals surface area contributed by atoms with E-state index in [9.17, 15) is 9.59 Å². The van der Waals surface area contributed by atoms with Crippen LogP contribution in [-0.4, -0.2) is 53.4 Å². The number of aromatic amines is 1. The molecule has 0 bridgehead atoms. The molecule has 1 N–H and O–H groups in total. The fourth-order valence-corrected chi connectivity index (χ4v) is 3.16. The predicted molar refractivity (Wildman–Crippen MR) is 81.5 cm³/mol. The first-order valence-electron chi connectivity index (χ1n) is 7.84. The highest BCUT2D eigenvalue weighted by atomic mass is 16.2. The molecule has 0 aromatic carbocycles. The van der Waals surface area contributed by atoms with Gasteiger partial charge in [-0.25, -0.2) is 0 Å². The van der Waals surface area contributed by atoms with Gasteiger partial charge in [-0.3, -0.25) is 14.5 Å². The number of rotatable bonds is 3. The van der Waals surface area contributed by atoms with Crippen LogP contribution >= 0.6 is 0 Å². The first-order chi connectivity index (χ1) is 10.1. The standard InChI is InChI=1S/C16H23N3O2/c1-12-9-14(10-15(20)17-12)16(21)19-7-5-18(6-8-19)11-13-3-2-4-13/h9-10,13H,2-8,11H2,1H3,(H,17,20). The van der Waals surface area contributed by atoms with Crippen molar-refractivity contribution < 1.29 is 4.79 Å². The third-order valence-corrected chi connectivity index (χ3v) is 4.63. The molecule has 1 aliphatic heterocycles. The highest BCUT2D eigenvalue weighted by Crippen LogP contribution is 2.27. The molecule has 1 aliphatic carbocycles. The van der Waals surface area contributed by atoms with Gasteiger partial charge in [0, 0.05) is 50.0 Å². The van der Waals surface area contributed by atoms with Gasteiger partial charge in [0.1, 0.15) is 0 Å². The normalized spacial score (nSPS) is 20.3. The molecule has 5 nitrogen and oxygen atoms in total. The zero-order valence-electron chi connectivity index (χ0n) is 12.6. The van der Waals surface area contributed by atoms with Crippen LogP contribution in [0.3, 0.4) is 0 Å². The van der Waals surface area contributed by atoms with Crippen LogP contribution in [0.25, 0.3) is 0 Å². The van der Waals surface area contributed by atoms with Gasteiger partial charge in [0.2, 0.25) is 5.56 Å². The average molecular weight is 289 g/mol. The number of hydrogen-bond acceptors (Lipinski definition) is 3. The van der Waals surface area contributed by atoms with Gasteiger partial charge < -0.3 is 9.88 Å². The zero-order chi connectivity index (χ0) is 14.8. The van der Waals surface area contributed by atoms with Crippen LogP contribution in [0.2, 0.25) is 0 Å². The van der Waals surface area contributed by atoms with Gasteiger partial charge in [0.15, 0.2) is 0 Å². The minimum absolute atomic E-state index is 0.0208. The van der Waals surface area contributed by atoms with Crippen LogP contribution in [0.1, 0.15) is 35.3 Å². The number of carbonyl (C=O) groups is 1. The lowest BCUT2D eigenvalue weighted by molar-refractivity contribution is 0.0590. The van der Waals surface area contributed by atoms with Crippen LogP contribution in [0.4, 0.5) is 0 Å². The molecule has 0 unspecified atom stereocenters. The highest BCUT2D eigenvalue weighted by Gasteiger charge is 2.26. The number of carbonyl (C=O) groups excluding carboxylic acids is 1. The van der Waals surface area contributed by atoms with E-state index in [4.69, 9.17) is 0 Å². The third kappa shape index (κ3) is 3.35. The van der Waals surface area contributed by atoms with E-state index in [1.54, 1.807) is 13.0 Å². The molecular formula is C16H23N3O2. The molecule has 1 saturated carbocycles. The Kier molecular flexibility index (Phi) is 4.10. The van der Waals surface area contributed by atoms with E-state index in [2.05, 4.69) is 9.88 Å². The van der Waals surface area contributed by atoms with E-state index in [-0.39, 0.29) is 11.5 Å². The summed E-state index contributed by atoms with van der Waals surface area (Å²) in [7, 11) is 0. The topological polar surface area (TPSA) is 56.4 Å². The van der Waals surface area contributed by atoms with Crippen LogP contribution in [0, 0.1) is 12.8 Å². The maximum Gasteiger partial charge on any atom is 0.254 e. The second kappa shape index (κ2) is 6.02. The third-order valence-electron chi connectivity index (χ3n) is 4.63. The molecular weight excluding hydrogens is 266 g/mol. The van der Waals surface area contributed by atoms with Crippen molar-refractivity contribution in [3.8, 4) is 0 Å². The summed E-state index contributed by atoms with van der Waals surface area (Å²) in [5.74, 6) is 0.857. The van der Waals surface area contributed by atoms with E-state index in [1.165, 1.54) is 31.9 Å². The summed E-state index contributed by atoms with van der Waals surface area (Å²) in [6.07, 6.45) is 4.11. The van der Waals surface area contributed by atoms with Gasteiger partial charge in [-0.1, -0.05) is 6.42 Å². The lowest BCUT2D eigenvalue weighted by atomic mass is 9.85. The summed E-state index contributed by atoms with van der Waals surface area (Å²) in [6, 6.07) is 3.15. The summed E-state index contributed by atoms with van der Waals surface area (Å²) >= 11 is 0. The molecule has 1 saturated heterocycles. The Labute approximate surface area is 124 Å². The maximum absolute atomic E-state index is 12.5. The molecule has 0 atom stereocenters. The Morgan fingerprint density at radius 1 is 1.24 bits per heavy atom. The fourth-order valence-electron chi connectivity index (χ4n) is 3.16. The predicted octanol–water partition coefficient (Wildman–Crippen LogP) is 1.24. The second-order valence-electron chi connectivity index (χ2n) is 6.31. The summed E-state index contributed by atoms with van der Waals surface area (Å²) < 4.78 is 0. The zero-order valence-corrected chi connectivity index (χ0v) is 12.6. The molecule has 1 aromatic rings. The number of pyridine rings is 1. The van der Waals surface area contributed by atoms with Crippen molar-refractivity contribution in [1.29, 1.82) is 0 Å². The molecule has 5 heteroatoms. The number of piperazine rings is 1. The Hall–Kier alpha value is -1.62. The van der Waals surface area contributed by atoms with Gasteiger partial charge in [-0.15, -0.1) is 0 Å². The van der Waals surface area contributed by atoms with Crippen LogP contribution in [0.5, 0.6) is 0 Å². The molecule has 2 fully saturated rings.